The second-order valence-corrected chi connectivity index (χ2v) is 5.46. The van der Waals surface area contributed by atoms with Gasteiger partial charge >= 0.3 is 11.9 Å². The summed E-state index contributed by atoms with van der Waals surface area (Å²) in [6.07, 6.45) is -1.85. The molecule has 8 heteroatoms. The molecule has 1 aromatic rings. The first kappa shape index (κ1) is 21.1. The Kier molecular flexibility index (Phi) is 8.27. The number of benzene rings is 1. The minimum atomic E-state index is -0.926. The molecule has 0 saturated carbocycles. The van der Waals surface area contributed by atoms with Crippen LogP contribution in [-0.2, 0) is 19.1 Å². The van der Waals surface area contributed by atoms with E-state index in [9.17, 15) is 19.2 Å². The Labute approximate surface area is 152 Å². The van der Waals surface area contributed by atoms with Crippen molar-refractivity contribution in [2.75, 3.05) is 13.1 Å². The molecule has 0 aliphatic rings. The van der Waals surface area contributed by atoms with Crippen molar-refractivity contribution in [3.8, 4) is 0 Å². The fourth-order valence-corrected chi connectivity index (χ4v) is 1.94. The topological polar surface area (TPSA) is 111 Å². The average molecular weight is 364 g/mol. The van der Waals surface area contributed by atoms with Crippen molar-refractivity contribution in [1.29, 1.82) is 0 Å². The van der Waals surface area contributed by atoms with Gasteiger partial charge in [-0.1, -0.05) is 0 Å². The van der Waals surface area contributed by atoms with Crippen molar-refractivity contribution in [3.05, 3.63) is 35.4 Å². The van der Waals surface area contributed by atoms with E-state index < -0.39 is 24.1 Å². The van der Waals surface area contributed by atoms with Crippen molar-refractivity contribution >= 4 is 23.8 Å². The molecule has 2 amide bonds. The molecule has 2 N–H and O–H groups in total. The van der Waals surface area contributed by atoms with Crippen LogP contribution in [0.1, 0.15) is 48.4 Å². The predicted octanol–water partition coefficient (Wildman–Crippen LogP) is 1.05. The summed E-state index contributed by atoms with van der Waals surface area (Å²) in [5, 5.41) is 5.10. The summed E-state index contributed by atoms with van der Waals surface area (Å²) in [4.78, 5) is 47.2. The molecule has 0 spiro atoms. The van der Waals surface area contributed by atoms with Gasteiger partial charge in [0.2, 0.25) is 0 Å². The number of hydrogen-bond acceptors (Lipinski definition) is 6. The zero-order valence-electron chi connectivity index (χ0n) is 15.3. The molecule has 0 aliphatic heterocycles. The Morgan fingerprint density at radius 2 is 1.08 bits per heavy atom. The summed E-state index contributed by atoms with van der Waals surface area (Å²) in [7, 11) is 0. The van der Waals surface area contributed by atoms with Gasteiger partial charge in [0.15, 0.2) is 12.2 Å². The molecule has 2 atom stereocenters. The van der Waals surface area contributed by atoms with Crippen molar-refractivity contribution in [3.63, 3.8) is 0 Å². The number of carbonyl (C=O) groups excluding carboxylic acids is 4. The van der Waals surface area contributed by atoms with Crippen molar-refractivity contribution < 1.29 is 28.7 Å². The van der Waals surface area contributed by atoms with E-state index in [-0.39, 0.29) is 22.9 Å². The minimum absolute atomic E-state index is 0.189. The second-order valence-electron chi connectivity index (χ2n) is 5.46. The normalized spacial score (nSPS) is 12.5. The van der Waals surface area contributed by atoms with Crippen LogP contribution >= 0.6 is 0 Å². The van der Waals surface area contributed by atoms with E-state index in [1.807, 2.05) is 0 Å². The number of nitrogens with one attached hydrogen (secondary N) is 2. The van der Waals surface area contributed by atoms with Crippen LogP contribution in [0.3, 0.4) is 0 Å². The molecule has 0 fully saturated rings. The maximum atomic E-state index is 12.0. The summed E-state index contributed by atoms with van der Waals surface area (Å²) in [5.74, 6) is -2.14. The van der Waals surface area contributed by atoms with Crippen LogP contribution < -0.4 is 10.6 Å². The molecule has 0 aliphatic carbocycles. The third-order valence-corrected chi connectivity index (χ3v) is 3.36. The standard InChI is InChI=1S/C18H24N2O6/c1-5-19-15(21)11(3)25-17(23)13-7-9-14(10-8-13)18(24)26-12(4)16(22)20-6-2/h7-12H,5-6H2,1-4H3,(H,19,21)(H,20,22)/t11-,12-/m0/s1. The van der Waals surface area contributed by atoms with Gasteiger partial charge in [-0.05, 0) is 52.0 Å². The maximum Gasteiger partial charge on any atom is 0.338 e. The quantitative estimate of drug-likeness (QED) is 0.667. The lowest BCUT2D eigenvalue weighted by atomic mass is 10.1. The SMILES string of the molecule is CCNC(=O)[C@H](C)OC(=O)c1ccc(C(=O)O[C@@H](C)C(=O)NCC)cc1. The van der Waals surface area contributed by atoms with E-state index in [4.69, 9.17) is 9.47 Å². The van der Waals surface area contributed by atoms with Gasteiger partial charge < -0.3 is 20.1 Å². The number of carbonyl (C=O) groups is 4. The summed E-state index contributed by atoms with van der Waals surface area (Å²) in [6, 6.07) is 5.56. The highest BCUT2D eigenvalue weighted by atomic mass is 16.6. The summed E-state index contributed by atoms with van der Waals surface area (Å²) >= 11 is 0. The first-order valence-corrected chi connectivity index (χ1v) is 8.37. The van der Waals surface area contributed by atoms with E-state index in [1.165, 1.54) is 38.1 Å². The number of ether oxygens (including phenoxy) is 2. The number of hydrogen-bond donors (Lipinski definition) is 2. The monoisotopic (exact) mass is 364 g/mol. The maximum absolute atomic E-state index is 12.0. The third kappa shape index (κ3) is 6.19. The largest absolute Gasteiger partial charge is 0.449 e. The fourth-order valence-electron chi connectivity index (χ4n) is 1.94. The van der Waals surface area contributed by atoms with Gasteiger partial charge in [0.1, 0.15) is 0 Å². The highest BCUT2D eigenvalue weighted by Gasteiger charge is 2.20. The molecular formula is C18H24N2O6. The molecule has 26 heavy (non-hydrogen) atoms. The Bertz CT molecular complexity index is 599. The van der Waals surface area contributed by atoms with Crippen LogP contribution in [0, 0.1) is 0 Å². The van der Waals surface area contributed by atoms with Crippen LogP contribution in [-0.4, -0.2) is 49.1 Å². The highest BCUT2D eigenvalue weighted by Crippen LogP contribution is 2.10. The lowest BCUT2D eigenvalue weighted by molar-refractivity contribution is -0.129. The van der Waals surface area contributed by atoms with E-state index in [2.05, 4.69) is 10.6 Å². The number of rotatable bonds is 8. The van der Waals surface area contributed by atoms with Gasteiger partial charge in [-0.25, -0.2) is 9.59 Å². The van der Waals surface area contributed by atoms with Crippen LogP contribution in [0.5, 0.6) is 0 Å². The van der Waals surface area contributed by atoms with Gasteiger partial charge in [-0.3, -0.25) is 9.59 Å². The Morgan fingerprint density at radius 1 is 0.769 bits per heavy atom. The van der Waals surface area contributed by atoms with Crippen molar-refractivity contribution in [1.82, 2.24) is 10.6 Å². The smallest absolute Gasteiger partial charge is 0.338 e. The van der Waals surface area contributed by atoms with Gasteiger partial charge in [0, 0.05) is 13.1 Å². The third-order valence-electron chi connectivity index (χ3n) is 3.36. The molecule has 0 saturated heterocycles. The summed E-state index contributed by atoms with van der Waals surface area (Å²) in [6.45, 7) is 7.33. The molecule has 8 nitrogen and oxygen atoms in total. The average Bonchev–Trinajstić information content (AvgIpc) is 2.62. The van der Waals surface area contributed by atoms with Gasteiger partial charge in [-0.15, -0.1) is 0 Å². The fraction of sp³-hybridized carbons (Fsp3) is 0.444. The molecule has 0 unspecified atom stereocenters. The van der Waals surface area contributed by atoms with Crippen molar-refractivity contribution in [2.45, 2.75) is 39.9 Å². The van der Waals surface area contributed by atoms with E-state index in [0.29, 0.717) is 13.1 Å². The Morgan fingerprint density at radius 3 is 1.35 bits per heavy atom. The molecule has 0 bridgehead atoms. The van der Waals surface area contributed by atoms with Gasteiger partial charge in [-0.2, -0.15) is 0 Å². The molecule has 1 rings (SSSR count). The molecular weight excluding hydrogens is 340 g/mol. The van der Waals surface area contributed by atoms with Crippen molar-refractivity contribution in [2.24, 2.45) is 0 Å². The lowest BCUT2D eigenvalue weighted by Crippen LogP contribution is -2.35. The lowest BCUT2D eigenvalue weighted by Gasteiger charge is -2.14. The first-order chi connectivity index (χ1) is 12.3. The van der Waals surface area contributed by atoms with E-state index in [1.54, 1.807) is 13.8 Å². The van der Waals surface area contributed by atoms with E-state index in [0.717, 1.165) is 0 Å². The molecule has 1 aromatic carbocycles. The van der Waals surface area contributed by atoms with Crippen LogP contribution in [0.15, 0.2) is 24.3 Å². The summed E-state index contributed by atoms with van der Waals surface area (Å²) in [5.41, 5.74) is 0.379. The zero-order chi connectivity index (χ0) is 19.7. The van der Waals surface area contributed by atoms with E-state index >= 15 is 0 Å². The Balaban J connectivity index is 2.67. The highest BCUT2D eigenvalue weighted by molar-refractivity contribution is 5.95. The molecule has 0 aromatic heterocycles. The Hall–Kier alpha value is -2.90. The zero-order valence-corrected chi connectivity index (χ0v) is 15.3. The molecule has 0 radical (unpaired) electrons. The van der Waals surface area contributed by atoms with Gasteiger partial charge in [0.25, 0.3) is 11.8 Å². The number of esters is 2. The number of amides is 2. The molecule has 0 heterocycles. The van der Waals surface area contributed by atoms with Crippen LogP contribution in [0.25, 0.3) is 0 Å². The second kappa shape index (κ2) is 10.2. The first-order valence-electron chi connectivity index (χ1n) is 8.37. The minimum Gasteiger partial charge on any atom is -0.449 e. The molecule has 142 valence electrons. The van der Waals surface area contributed by atoms with Gasteiger partial charge in [0.05, 0.1) is 11.1 Å². The summed E-state index contributed by atoms with van der Waals surface area (Å²) < 4.78 is 10.1. The van der Waals surface area contributed by atoms with Crippen LogP contribution in [0.4, 0.5) is 0 Å². The predicted molar refractivity (Wildman–Crippen MR) is 93.6 cm³/mol. The van der Waals surface area contributed by atoms with Crippen LogP contribution in [0.2, 0.25) is 0 Å². The number of likely N-dealkylation sites (N-methyl/N-ethyl adjacent to an activating group) is 2.